The first-order chi connectivity index (χ1) is 8.38. The maximum Gasteiger partial charge on any atom is 0.138 e. The van der Waals surface area contributed by atoms with Crippen molar-refractivity contribution < 1.29 is 5.11 Å². The third-order valence-electron chi connectivity index (χ3n) is 3.12. The number of aromatic nitrogens is 2. The molecule has 114 valence electrons. The van der Waals surface area contributed by atoms with Gasteiger partial charge in [0.2, 0.25) is 0 Å². The minimum absolute atomic E-state index is 0. The number of imidazole rings is 1. The van der Waals surface area contributed by atoms with E-state index in [1.54, 1.807) is 0 Å². The second-order valence-electron chi connectivity index (χ2n) is 4.24. The highest BCUT2D eigenvalue weighted by Crippen LogP contribution is 2.18. The van der Waals surface area contributed by atoms with Crippen molar-refractivity contribution in [3.8, 4) is 0 Å². The first-order valence-electron chi connectivity index (χ1n) is 5.92. The molecule has 0 unspecified atom stereocenters. The Labute approximate surface area is 136 Å². The molecule has 1 saturated heterocycles. The fraction of sp³-hybridized carbons (Fsp3) is 0.417. The van der Waals surface area contributed by atoms with Crippen LogP contribution >= 0.6 is 37.2 Å². The smallest absolute Gasteiger partial charge is 0.138 e. The maximum atomic E-state index is 9.14. The number of hydrogen-bond acceptors (Lipinski definition) is 4. The van der Waals surface area contributed by atoms with E-state index in [1.807, 2.05) is 18.3 Å². The lowest BCUT2D eigenvalue weighted by atomic mass is 10.3. The number of rotatable bonds is 2. The molecule has 3 rings (SSSR count). The van der Waals surface area contributed by atoms with E-state index in [2.05, 4.69) is 25.7 Å². The molecule has 2 N–H and O–H groups in total. The van der Waals surface area contributed by atoms with Gasteiger partial charge in [-0.1, -0.05) is 6.07 Å². The molecule has 1 fully saturated rings. The number of pyridine rings is 1. The number of anilines is 1. The lowest BCUT2D eigenvalue weighted by molar-refractivity contribution is 0.277. The summed E-state index contributed by atoms with van der Waals surface area (Å²) < 4.78 is 2.05. The van der Waals surface area contributed by atoms with Crippen LogP contribution in [-0.4, -0.2) is 40.7 Å². The number of hydrogen-bond donors (Lipinski definition) is 2. The van der Waals surface area contributed by atoms with Crippen molar-refractivity contribution >= 4 is 48.7 Å². The van der Waals surface area contributed by atoms with Crippen LogP contribution in [0.4, 0.5) is 5.82 Å². The van der Waals surface area contributed by atoms with E-state index in [9.17, 15) is 0 Å². The molecule has 8 heteroatoms. The van der Waals surface area contributed by atoms with Gasteiger partial charge in [0, 0.05) is 32.4 Å². The summed E-state index contributed by atoms with van der Waals surface area (Å²) in [7, 11) is 0. The number of nitrogens with one attached hydrogen (secondary N) is 1. The van der Waals surface area contributed by atoms with E-state index in [4.69, 9.17) is 5.11 Å². The highest BCUT2D eigenvalue weighted by Gasteiger charge is 2.13. The van der Waals surface area contributed by atoms with Gasteiger partial charge in [0.25, 0.3) is 0 Å². The number of halogens is 3. The Morgan fingerprint density at radius 3 is 2.50 bits per heavy atom. The van der Waals surface area contributed by atoms with Gasteiger partial charge in [-0.25, -0.2) is 4.98 Å². The monoisotopic (exact) mass is 340 g/mol. The van der Waals surface area contributed by atoms with Gasteiger partial charge in [-0.05, 0) is 12.1 Å². The molecule has 2 aromatic rings. The normalized spacial score (nSPS) is 14.2. The average Bonchev–Trinajstić information content (AvgIpc) is 2.82. The predicted octanol–water partition coefficient (Wildman–Crippen LogP) is 1.50. The van der Waals surface area contributed by atoms with Crippen LogP contribution in [0.25, 0.3) is 5.65 Å². The van der Waals surface area contributed by atoms with E-state index >= 15 is 0 Å². The van der Waals surface area contributed by atoms with Crippen LogP contribution in [0.3, 0.4) is 0 Å². The summed E-state index contributed by atoms with van der Waals surface area (Å²) in [5, 5.41) is 12.5. The summed E-state index contributed by atoms with van der Waals surface area (Å²) in [6.45, 7) is 4.02. The third-order valence-corrected chi connectivity index (χ3v) is 3.12. The van der Waals surface area contributed by atoms with Gasteiger partial charge in [0.05, 0.1) is 12.3 Å². The molecule has 0 saturated carbocycles. The van der Waals surface area contributed by atoms with Crippen molar-refractivity contribution in [3.63, 3.8) is 0 Å². The minimum Gasteiger partial charge on any atom is -0.390 e. The Morgan fingerprint density at radius 1 is 1.15 bits per heavy atom. The molecule has 0 bridgehead atoms. The molecular weight excluding hydrogens is 323 g/mol. The lowest BCUT2D eigenvalue weighted by Crippen LogP contribution is -2.44. The van der Waals surface area contributed by atoms with Gasteiger partial charge in [-0.15, -0.1) is 37.2 Å². The topological polar surface area (TPSA) is 52.8 Å². The molecule has 0 aliphatic carbocycles. The molecule has 0 radical (unpaired) electrons. The Bertz CT molecular complexity index is 528. The molecule has 0 spiro atoms. The van der Waals surface area contributed by atoms with Crippen molar-refractivity contribution in [2.45, 2.75) is 6.61 Å². The number of aliphatic hydroxyl groups excluding tert-OH is 1. The van der Waals surface area contributed by atoms with Crippen LogP contribution in [0.2, 0.25) is 0 Å². The molecule has 0 atom stereocenters. The summed E-state index contributed by atoms with van der Waals surface area (Å²) in [6.07, 6.45) is 1.91. The van der Waals surface area contributed by atoms with Crippen LogP contribution in [-0.2, 0) is 6.61 Å². The first kappa shape index (κ1) is 19.3. The zero-order valence-electron chi connectivity index (χ0n) is 10.9. The zero-order valence-corrected chi connectivity index (χ0v) is 13.3. The van der Waals surface area contributed by atoms with Crippen LogP contribution in [0.15, 0.2) is 24.4 Å². The van der Waals surface area contributed by atoms with Crippen LogP contribution in [0.1, 0.15) is 5.69 Å². The molecule has 0 amide bonds. The average molecular weight is 342 g/mol. The molecule has 20 heavy (non-hydrogen) atoms. The Balaban J connectivity index is 0.00000120. The summed E-state index contributed by atoms with van der Waals surface area (Å²) >= 11 is 0. The SMILES string of the molecule is Cl.Cl.Cl.OCc1cn2c(N3CCNCC3)cccc2n1. The quantitative estimate of drug-likeness (QED) is 0.869. The first-order valence-corrected chi connectivity index (χ1v) is 5.92. The van der Waals surface area contributed by atoms with Crippen LogP contribution < -0.4 is 10.2 Å². The number of piperazine rings is 1. The van der Waals surface area contributed by atoms with E-state index in [1.165, 1.54) is 0 Å². The van der Waals surface area contributed by atoms with Crippen LogP contribution in [0.5, 0.6) is 0 Å². The fourth-order valence-electron chi connectivity index (χ4n) is 2.27. The van der Waals surface area contributed by atoms with E-state index in [0.717, 1.165) is 37.6 Å². The second kappa shape index (κ2) is 8.54. The standard InChI is InChI=1S/C12H16N4O.3ClH/c17-9-10-8-16-11(14-10)2-1-3-12(16)15-6-4-13-5-7-15;;;/h1-3,8,13,17H,4-7,9H2;3*1H. The van der Waals surface area contributed by atoms with Crippen LogP contribution in [0, 0.1) is 0 Å². The number of fused-ring (bicyclic) bond motifs is 1. The minimum atomic E-state index is -0.0112. The largest absolute Gasteiger partial charge is 0.390 e. The maximum absolute atomic E-state index is 9.14. The van der Waals surface area contributed by atoms with Gasteiger partial charge in [-0.2, -0.15) is 0 Å². The van der Waals surface area contributed by atoms with E-state index < -0.39 is 0 Å². The lowest BCUT2D eigenvalue weighted by Gasteiger charge is -2.29. The third kappa shape index (κ3) is 3.68. The highest BCUT2D eigenvalue weighted by molar-refractivity contribution is 5.86. The second-order valence-corrected chi connectivity index (χ2v) is 4.24. The zero-order chi connectivity index (χ0) is 11.7. The molecule has 0 aromatic carbocycles. The summed E-state index contributed by atoms with van der Waals surface area (Å²) in [6, 6.07) is 6.08. The van der Waals surface area contributed by atoms with Crippen molar-refractivity contribution in [2.75, 3.05) is 31.1 Å². The number of aliphatic hydroxyl groups is 1. The highest BCUT2D eigenvalue weighted by atomic mass is 35.5. The summed E-state index contributed by atoms with van der Waals surface area (Å²) in [5.74, 6) is 1.15. The van der Waals surface area contributed by atoms with Crippen molar-refractivity contribution in [1.29, 1.82) is 0 Å². The summed E-state index contributed by atoms with van der Waals surface area (Å²) in [4.78, 5) is 6.70. The molecule has 1 aliphatic heterocycles. The van der Waals surface area contributed by atoms with Crippen molar-refractivity contribution in [3.05, 3.63) is 30.1 Å². The van der Waals surface area contributed by atoms with Gasteiger partial charge in [-0.3, -0.25) is 4.40 Å². The van der Waals surface area contributed by atoms with Crippen molar-refractivity contribution in [2.24, 2.45) is 0 Å². The van der Waals surface area contributed by atoms with E-state index in [-0.39, 0.29) is 43.8 Å². The molecule has 2 aromatic heterocycles. The van der Waals surface area contributed by atoms with Gasteiger partial charge < -0.3 is 15.3 Å². The molecule has 5 nitrogen and oxygen atoms in total. The van der Waals surface area contributed by atoms with Gasteiger partial charge in [0.1, 0.15) is 11.5 Å². The summed E-state index contributed by atoms with van der Waals surface area (Å²) in [5.41, 5.74) is 1.61. The molecule has 3 heterocycles. The Kier molecular flexibility index (Phi) is 8.23. The van der Waals surface area contributed by atoms with E-state index in [0.29, 0.717) is 5.69 Å². The van der Waals surface area contributed by atoms with Gasteiger partial charge >= 0.3 is 0 Å². The molecule has 1 aliphatic rings. The Hall–Kier alpha value is -0.720. The predicted molar refractivity (Wildman–Crippen MR) is 87.9 cm³/mol. The fourth-order valence-corrected chi connectivity index (χ4v) is 2.27. The van der Waals surface area contributed by atoms with Crippen molar-refractivity contribution in [1.82, 2.24) is 14.7 Å². The number of nitrogens with zero attached hydrogens (tertiary/aromatic N) is 3. The van der Waals surface area contributed by atoms with Gasteiger partial charge in [0.15, 0.2) is 0 Å². The Morgan fingerprint density at radius 2 is 1.85 bits per heavy atom. The molecular formula is C12H19Cl3N4O.